The van der Waals surface area contributed by atoms with Gasteiger partial charge in [0.2, 0.25) is 0 Å². The number of phenols is 1. The van der Waals surface area contributed by atoms with Crippen molar-refractivity contribution in [1.82, 2.24) is 20.3 Å². The number of nitrogens with zero attached hydrogens (tertiary/aromatic N) is 3. The van der Waals surface area contributed by atoms with Gasteiger partial charge in [0, 0.05) is 12.1 Å². The minimum absolute atomic E-state index is 0.160. The molecule has 3 rings (SSSR count). The number of fused-ring (bicyclic) bond motifs is 1. The van der Waals surface area contributed by atoms with Gasteiger partial charge >= 0.3 is 6.03 Å². The molecule has 0 saturated heterocycles. The fourth-order valence-electron chi connectivity index (χ4n) is 2.11. The topological polar surface area (TPSA) is 100 Å². The maximum Gasteiger partial charge on any atom is 0.320 e. The van der Waals surface area contributed by atoms with E-state index in [1.807, 2.05) is 13.0 Å². The Hall–Kier alpha value is -2.74. The van der Waals surface area contributed by atoms with Gasteiger partial charge < -0.3 is 10.4 Å². The van der Waals surface area contributed by atoms with Gasteiger partial charge in [-0.15, -0.1) is 0 Å². The van der Waals surface area contributed by atoms with Crippen LogP contribution in [0.15, 0.2) is 41.0 Å². The summed E-state index contributed by atoms with van der Waals surface area (Å²) in [7, 11) is 0. The van der Waals surface area contributed by atoms with Crippen LogP contribution in [0.25, 0.3) is 22.4 Å². The number of amides is 2. The van der Waals surface area contributed by atoms with Crippen molar-refractivity contribution in [3.05, 3.63) is 41.0 Å². The lowest BCUT2D eigenvalue weighted by atomic mass is 10.1. The zero-order valence-electron chi connectivity index (χ0n) is 12.7. The molecule has 1 aromatic carbocycles. The van der Waals surface area contributed by atoms with E-state index in [0.717, 1.165) is 5.56 Å². The van der Waals surface area contributed by atoms with Crippen LogP contribution in [-0.2, 0) is 0 Å². The summed E-state index contributed by atoms with van der Waals surface area (Å²) < 4.78 is 0.583. The largest absolute Gasteiger partial charge is 0.507 e. The van der Waals surface area contributed by atoms with Crippen LogP contribution in [-0.4, -0.2) is 32.6 Å². The van der Waals surface area contributed by atoms with E-state index >= 15 is 0 Å². The molecule has 2 aromatic heterocycles. The van der Waals surface area contributed by atoms with Crippen molar-refractivity contribution in [2.75, 3.05) is 11.9 Å². The molecule has 3 N–H and O–H groups in total. The lowest BCUT2D eigenvalue weighted by Crippen LogP contribution is -2.28. The lowest BCUT2D eigenvalue weighted by Gasteiger charge is -2.07. The maximum atomic E-state index is 11.6. The smallest absolute Gasteiger partial charge is 0.320 e. The highest BCUT2D eigenvalue weighted by atomic mass is 79.9. The number of anilines is 1. The maximum absolute atomic E-state index is 11.6. The Bertz CT molecular complexity index is 916. The first kappa shape index (κ1) is 16.1. The van der Waals surface area contributed by atoms with Crippen LogP contribution < -0.4 is 10.6 Å². The van der Waals surface area contributed by atoms with E-state index in [9.17, 15) is 9.90 Å². The Labute approximate surface area is 146 Å². The highest BCUT2D eigenvalue weighted by Gasteiger charge is 2.08. The van der Waals surface area contributed by atoms with Crippen molar-refractivity contribution in [2.24, 2.45) is 0 Å². The molecule has 0 unspecified atom stereocenters. The molecule has 0 bridgehead atoms. The van der Waals surface area contributed by atoms with Gasteiger partial charge in [0.1, 0.15) is 11.3 Å². The summed E-state index contributed by atoms with van der Waals surface area (Å²) in [5.41, 5.74) is 2.56. The highest BCUT2D eigenvalue weighted by Crippen LogP contribution is 2.29. The van der Waals surface area contributed by atoms with Crippen molar-refractivity contribution >= 4 is 38.9 Å². The van der Waals surface area contributed by atoms with Gasteiger partial charge in [-0.3, -0.25) is 5.32 Å². The number of rotatable bonds is 3. The van der Waals surface area contributed by atoms with E-state index in [0.29, 0.717) is 33.7 Å². The molecule has 0 spiro atoms. The molecule has 0 radical (unpaired) electrons. The molecular formula is C16H14BrN5O2. The molecule has 0 aliphatic rings. The summed E-state index contributed by atoms with van der Waals surface area (Å²) in [6, 6.07) is 8.41. The van der Waals surface area contributed by atoms with Gasteiger partial charge in [-0.25, -0.2) is 19.7 Å². The number of phenolic OH excluding ortho intramolecular Hbond substituents is 1. The monoisotopic (exact) mass is 387 g/mol. The summed E-state index contributed by atoms with van der Waals surface area (Å²) in [4.78, 5) is 24.6. The molecule has 0 aliphatic carbocycles. The Kier molecular flexibility index (Phi) is 4.57. The minimum Gasteiger partial charge on any atom is -0.507 e. The Balaban J connectivity index is 1.96. The normalized spacial score (nSPS) is 10.6. The van der Waals surface area contributed by atoms with Crippen LogP contribution in [0.1, 0.15) is 6.92 Å². The molecule has 2 amide bonds. The van der Waals surface area contributed by atoms with Crippen LogP contribution in [0.2, 0.25) is 0 Å². The molecule has 3 aromatic rings. The number of halogens is 1. The number of nitrogens with one attached hydrogen (secondary N) is 2. The van der Waals surface area contributed by atoms with Gasteiger partial charge in [-0.2, -0.15) is 0 Å². The summed E-state index contributed by atoms with van der Waals surface area (Å²) >= 11 is 3.29. The molecule has 122 valence electrons. The first-order chi connectivity index (χ1) is 11.6. The highest BCUT2D eigenvalue weighted by molar-refractivity contribution is 9.10. The average molecular weight is 388 g/mol. The van der Waals surface area contributed by atoms with Crippen molar-refractivity contribution in [3.63, 3.8) is 0 Å². The zero-order chi connectivity index (χ0) is 17.1. The van der Waals surface area contributed by atoms with Gasteiger partial charge in [0.15, 0.2) is 11.5 Å². The number of carbonyl (C=O) groups is 1. The first-order valence-corrected chi connectivity index (χ1v) is 8.03. The number of hydrogen-bond acceptors (Lipinski definition) is 5. The van der Waals surface area contributed by atoms with Crippen LogP contribution in [0.4, 0.5) is 10.6 Å². The molecule has 0 atom stereocenters. The summed E-state index contributed by atoms with van der Waals surface area (Å²) in [5, 5.41) is 14.8. The number of aromatic nitrogens is 3. The summed E-state index contributed by atoms with van der Waals surface area (Å²) in [5.74, 6) is 0.484. The molecule has 2 heterocycles. The van der Waals surface area contributed by atoms with E-state index < -0.39 is 0 Å². The second-order valence-electron chi connectivity index (χ2n) is 4.95. The van der Waals surface area contributed by atoms with Gasteiger partial charge in [0.25, 0.3) is 0 Å². The minimum atomic E-state index is -0.343. The van der Waals surface area contributed by atoms with Gasteiger partial charge in [-0.05, 0) is 53.2 Å². The number of benzene rings is 1. The van der Waals surface area contributed by atoms with Crippen molar-refractivity contribution in [3.8, 4) is 17.0 Å². The van der Waals surface area contributed by atoms with Crippen LogP contribution >= 0.6 is 15.9 Å². The third kappa shape index (κ3) is 3.43. The quantitative estimate of drug-likeness (QED) is 0.639. The molecule has 24 heavy (non-hydrogen) atoms. The fraction of sp³-hybridized carbons (Fsp3) is 0.125. The molecule has 7 nitrogen and oxygen atoms in total. The van der Waals surface area contributed by atoms with Crippen molar-refractivity contribution < 1.29 is 9.90 Å². The third-order valence-electron chi connectivity index (χ3n) is 3.23. The Morgan fingerprint density at radius 2 is 2.08 bits per heavy atom. The number of hydrogen-bond donors (Lipinski definition) is 3. The number of carbonyl (C=O) groups excluding carboxylic acids is 1. The Morgan fingerprint density at radius 3 is 2.83 bits per heavy atom. The van der Waals surface area contributed by atoms with E-state index in [1.165, 1.54) is 6.20 Å². The molecule has 0 aliphatic heterocycles. The standard InChI is InChI=1S/C16H14BrN5O2/c1-2-18-16(24)22-14-8-19-12-5-4-11(20-15(12)21-14)9-3-6-13(23)10(17)7-9/h3-8,23H,2H2,1H3,(H2,18,20,21,22,24). The van der Waals surface area contributed by atoms with Crippen LogP contribution in [0.3, 0.4) is 0 Å². The van der Waals surface area contributed by atoms with Crippen molar-refractivity contribution in [2.45, 2.75) is 6.92 Å². The molecule has 0 saturated carbocycles. The average Bonchev–Trinajstić information content (AvgIpc) is 2.57. The SMILES string of the molecule is CCNC(=O)Nc1cnc2ccc(-c3ccc(O)c(Br)c3)nc2n1. The number of urea groups is 1. The molecular weight excluding hydrogens is 374 g/mol. The Morgan fingerprint density at radius 1 is 1.25 bits per heavy atom. The molecule has 8 heteroatoms. The van der Waals surface area contributed by atoms with Crippen LogP contribution in [0.5, 0.6) is 5.75 Å². The third-order valence-corrected chi connectivity index (χ3v) is 3.86. The summed E-state index contributed by atoms with van der Waals surface area (Å²) in [6.45, 7) is 2.35. The van der Waals surface area contributed by atoms with Crippen molar-refractivity contribution in [1.29, 1.82) is 0 Å². The lowest BCUT2D eigenvalue weighted by molar-refractivity contribution is 0.252. The number of aromatic hydroxyl groups is 1. The van der Waals surface area contributed by atoms with E-state index in [1.54, 1.807) is 24.3 Å². The van der Waals surface area contributed by atoms with E-state index in [4.69, 9.17) is 0 Å². The zero-order valence-corrected chi connectivity index (χ0v) is 14.3. The van der Waals surface area contributed by atoms with E-state index in [2.05, 4.69) is 41.5 Å². The fourth-order valence-corrected chi connectivity index (χ4v) is 2.48. The van der Waals surface area contributed by atoms with Crippen LogP contribution in [0, 0.1) is 0 Å². The van der Waals surface area contributed by atoms with E-state index in [-0.39, 0.29) is 11.8 Å². The van der Waals surface area contributed by atoms with Gasteiger partial charge in [0.05, 0.1) is 16.4 Å². The first-order valence-electron chi connectivity index (χ1n) is 7.24. The number of pyridine rings is 1. The predicted octanol–water partition coefficient (Wildman–Crippen LogP) is 3.30. The summed E-state index contributed by atoms with van der Waals surface area (Å²) in [6.07, 6.45) is 1.48. The second-order valence-corrected chi connectivity index (χ2v) is 5.80. The predicted molar refractivity (Wildman–Crippen MR) is 94.8 cm³/mol. The second kappa shape index (κ2) is 6.79. The molecule has 0 fully saturated rings. The van der Waals surface area contributed by atoms with Gasteiger partial charge in [-0.1, -0.05) is 0 Å².